The van der Waals surface area contributed by atoms with E-state index in [-0.39, 0.29) is 12.5 Å². The van der Waals surface area contributed by atoms with Crippen molar-refractivity contribution in [1.29, 1.82) is 0 Å². The van der Waals surface area contributed by atoms with E-state index in [4.69, 9.17) is 0 Å². The fraction of sp³-hybridized carbons (Fsp3) is 0.500. The number of nitrogens with zero attached hydrogens (tertiary/aromatic N) is 4. The number of amides is 1. The zero-order valence-corrected chi connectivity index (χ0v) is 14.4. The van der Waals surface area contributed by atoms with Gasteiger partial charge in [0.2, 0.25) is 0 Å². The molecule has 0 unspecified atom stereocenters. The molecular weight excluding hydrogens is 326 g/mol. The Morgan fingerprint density at radius 3 is 3.12 bits per heavy atom. The lowest BCUT2D eigenvalue weighted by Gasteiger charge is -2.39. The highest BCUT2D eigenvalue weighted by atomic mass is 32.1. The lowest BCUT2D eigenvalue weighted by atomic mass is 9.92. The van der Waals surface area contributed by atoms with Gasteiger partial charge in [0.1, 0.15) is 10.7 Å². The van der Waals surface area contributed by atoms with Gasteiger partial charge in [-0.05, 0) is 42.9 Å². The Kier molecular flexibility index (Phi) is 5.06. The Labute approximate surface area is 144 Å². The number of pyridine rings is 1. The average molecular weight is 347 g/mol. The van der Waals surface area contributed by atoms with Crippen molar-refractivity contribution in [3.8, 4) is 0 Å². The average Bonchev–Trinajstić information content (AvgIpc) is 3.09. The molecule has 0 aliphatic carbocycles. The first-order valence-electron chi connectivity index (χ1n) is 8.09. The van der Waals surface area contributed by atoms with Crippen molar-refractivity contribution < 1.29 is 9.90 Å². The summed E-state index contributed by atoms with van der Waals surface area (Å²) in [4.78, 5) is 19.2. The minimum absolute atomic E-state index is 0.205. The lowest BCUT2D eigenvalue weighted by Crippen LogP contribution is -2.54. The summed E-state index contributed by atoms with van der Waals surface area (Å²) in [7, 11) is 0. The van der Waals surface area contributed by atoms with Crippen LogP contribution in [0.2, 0.25) is 0 Å². The van der Waals surface area contributed by atoms with Crippen molar-refractivity contribution in [3.63, 3.8) is 0 Å². The van der Waals surface area contributed by atoms with E-state index in [2.05, 4.69) is 24.8 Å². The van der Waals surface area contributed by atoms with E-state index in [1.54, 1.807) is 6.20 Å². The van der Waals surface area contributed by atoms with Crippen LogP contribution in [0.5, 0.6) is 0 Å². The monoisotopic (exact) mass is 347 g/mol. The van der Waals surface area contributed by atoms with Gasteiger partial charge in [-0.25, -0.2) is 4.98 Å². The summed E-state index contributed by atoms with van der Waals surface area (Å²) in [5, 5.41) is 17.6. The molecule has 2 aromatic rings. The maximum atomic E-state index is 12.3. The highest BCUT2D eigenvalue weighted by Gasteiger charge is 2.34. The number of anilines is 1. The highest BCUT2D eigenvalue weighted by molar-refractivity contribution is 7.08. The van der Waals surface area contributed by atoms with Crippen molar-refractivity contribution in [2.45, 2.75) is 31.8 Å². The fourth-order valence-electron chi connectivity index (χ4n) is 2.93. The molecule has 3 rings (SSSR count). The van der Waals surface area contributed by atoms with Gasteiger partial charge in [0.15, 0.2) is 0 Å². The van der Waals surface area contributed by atoms with Gasteiger partial charge in [0.05, 0.1) is 11.3 Å². The maximum absolute atomic E-state index is 12.3. The number of carbonyl (C=O) groups is 1. The topological polar surface area (TPSA) is 91.2 Å². The molecule has 3 heterocycles. The summed E-state index contributed by atoms with van der Waals surface area (Å²) in [6, 6.07) is 5.73. The van der Waals surface area contributed by atoms with Gasteiger partial charge < -0.3 is 15.3 Å². The van der Waals surface area contributed by atoms with E-state index in [0.29, 0.717) is 30.0 Å². The summed E-state index contributed by atoms with van der Waals surface area (Å²) in [5.41, 5.74) is -0.265. The number of hydrogen-bond acceptors (Lipinski definition) is 7. The molecule has 0 spiro atoms. The van der Waals surface area contributed by atoms with E-state index in [1.807, 2.05) is 25.1 Å². The number of aryl methyl sites for hydroxylation is 1. The number of carbonyl (C=O) groups excluding carboxylic acids is 1. The predicted octanol–water partition coefficient (Wildman–Crippen LogP) is 1.26. The molecule has 1 amide bonds. The van der Waals surface area contributed by atoms with Gasteiger partial charge >= 0.3 is 0 Å². The van der Waals surface area contributed by atoms with Crippen LogP contribution >= 0.6 is 11.5 Å². The third kappa shape index (κ3) is 3.70. The second kappa shape index (κ2) is 7.23. The van der Waals surface area contributed by atoms with Crippen molar-refractivity contribution >= 4 is 23.3 Å². The van der Waals surface area contributed by atoms with Crippen molar-refractivity contribution in [2.75, 3.05) is 24.5 Å². The Morgan fingerprint density at radius 1 is 1.50 bits per heavy atom. The van der Waals surface area contributed by atoms with E-state index in [9.17, 15) is 9.90 Å². The zero-order valence-electron chi connectivity index (χ0n) is 13.6. The van der Waals surface area contributed by atoms with Gasteiger partial charge in [-0.1, -0.05) is 17.5 Å². The molecule has 0 aromatic carbocycles. The van der Waals surface area contributed by atoms with Crippen molar-refractivity contribution in [2.24, 2.45) is 0 Å². The zero-order chi connectivity index (χ0) is 17.0. The van der Waals surface area contributed by atoms with Gasteiger partial charge in [-0.2, -0.15) is 0 Å². The van der Waals surface area contributed by atoms with Crippen LogP contribution in [0.15, 0.2) is 24.4 Å². The lowest BCUT2D eigenvalue weighted by molar-refractivity contribution is 0.0255. The highest BCUT2D eigenvalue weighted by Crippen LogP contribution is 2.24. The smallest absolute Gasteiger partial charge is 0.265 e. The second-order valence-corrected chi connectivity index (χ2v) is 6.78. The normalized spacial score (nSPS) is 20.8. The largest absolute Gasteiger partial charge is 0.386 e. The van der Waals surface area contributed by atoms with Crippen LogP contribution in [-0.4, -0.2) is 50.8 Å². The molecule has 0 saturated carbocycles. The molecular formula is C16H21N5O2S. The Morgan fingerprint density at radius 2 is 2.38 bits per heavy atom. The first-order chi connectivity index (χ1) is 11.6. The predicted molar refractivity (Wildman–Crippen MR) is 92.3 cm³/mol. The Bertz CT molecular complexity index is 693. The summed E-state index contributed by atoms with van der Waals surface area (Å²) < 4.78 is 3.83. The van der Waals surface area contributed by atoms with Crippen LogP contribution in [0.25, 0.3) is 0 Å². The molecule has 128 valence electrons. The number of hydrogen-bond donors (Lipinski definition) is 2. The molecule has 2 N–H and O–H groups in total. The molecule has 7 nitrogen and oxygen atoms in total. The first-order valence-corrected chi connectivity index (χ1v) is 8.86. The van der Waals surface area contributed by atoms with E-state index in [1.165, 1.54) is 0 Å². The van der Waals surface area contributed by atoms with Crippen LogP contribution in [-0.2, 0) is 6.42 Å². The molecule has 8 heteroatoms. The molecule has 0 bridgehead atoms. The molecule has 1 aliphatic rings. The van der Waals surface area contributed by atoms with Crippen molar-refractivity contribution in [1.82, 2.24) is 19.9 Å². The standard InChI is InChI=1S/C16H21N5O2S/c1-2-12-14(24-20-19-12)15(22)18-10-16(23)7-5-9-21(11-16)13-6-3-4-8-17-13/h3-4,6,8,23H,2,5,7,9-11H2,1H3,(H,18,22)/t16-/m1/s1. The minimum Gasteiger partial charge on any atom is -0.386 e. The van der Waals surface area contributed by atoms with Crippen LogP contribution < -0.4 is 10.2 Å². The van der Waals surface area contributed by atoms with E-state index >= 15 is 0 Å². The van der Waals surface area contributed by atoms with Crippen LogP contribution in [0.4, 0.5) is 5.82 Å². The number of β-amino-alcohol motifs (C(OH)–C–C–N with tert-alkyl or cyclic N) is 1. The van der Waals surface area contributed by atoms with Crippen LogP contribution in [0, 0.1) is 0 Å². The quantitative estimate of drug-likeness (QED) is 0.846. The number of piperidine rings is 1. The minimum atomic E-state index is -0.962. The number of aromatic nitrogens is 3. The molecule has 1 aliphatic heterocycles. The van der Waals surface area contributed by atoms with Crippen LogP contribution in [0.3, 0.4) is 0 Å². The second-order valence-electron chi connectivity index (χ2n) is 6.02. The molecule has 0 radical (unpaired) electrons. The Balaban J connectivity index is 1.62. The van der Waals surface area contributed by atoms with Crippen molar-refractivity contribution in [3.05, 3.63) is 35.0 Å². The van der Waals surface area contributed by atoms with Crippen LogP contribution in [0.1, 0.15) is 35.1 Å². The number of rotatable bonds is 5. The Hall–Kier alpha value is -2.06. The number of nitrogens with one attached hydrogen (secondary N) is 1. The summed E-state index contributed by atoms with van der Waals surface area (Å²) >= 11 is 1.09. The number of aliphatic hydroxyl groups is 1. The van der Waals surface area contributed by atoms with Gasteiger partial charge in [-0.3, -0.25) is 4.79 Å². The first kappa shape index (κ1) is 16.8. The molecule has 1 saturated heterocycles. The third-order valence-corrected chi connectivity index (χ3v) is 4.97. The fourth-order valence-corrected chi connectivity index (χ4v) is 3.60. The SMILES string of the molecule is CCc1nnsc1C(=O)NC[C@]1(O)CCCN(c2ccccn2)C1. The summed E-state index contributed by atoms with van der Waals surface area (Å²) in [6.07, 6.45) is 3.91. The molecule has 1 atom stereocenters. The summed E-state index contributed by atoms with van der Waals surface area (Å²) in [5.74, 6) is 0.632. The summed E-state index contributed by atoms with van der Waals surface area (Å²) in [6.45, 7) is 3.45. The molecule has 24 heavy (non-hydrogen) atoms. The van der Waals surface area contributed by atoms with E-state index in [0.717, 1.165) is 30.3 Å². The molecule has 1 fully saturated rings. The van der Waals surface area contributed by atoms with Gasteiger partial charge in [-0.15, -0.1) is 5.10 Å². The molecule has 2 aromatic heterocycles. The maximum Gasteiger partial charge on any atom is 0.265 e. The third-order valence-electron chi connectivity index (χ3n) is 4.20. The van der Waals surface area contributed by atoms with Gasteiger partial charge in [0.25, 0.3) is 5.91 Å². The van der Waals surface area contributed by atoms with Gasteiger partial charge in [0, 0.05) is 25.8 Å². The van der Waals surface area contributed by atoms with E-state index < -0.39 is 5.60 Å².